The Morgan fingerprint density at radius 2 is 1.54 bits per heavy atom. The summed E-state index contributed by atoms with van der Waals surface area (Å²) in [6, 6.07) is 15.3. The number of hydrogen-bond donors (Lipinski definition) is 3. The number of carboxylic acid groups (broad SMARTS) is 1. The van der Waals surface area contributed by atoms with Gasteiger partial charge in [-0.05, 0) is 40.5 Å². The third kappa shape index (κ3) is 5.34. The van der Waals surface area contributed by atoms with E-state index < -0.39 is 29.1 Å². The molecule has 35 heavy (non-hydrogen) atoms. The molecule has 0 heterocycles. The summed E-state index contributed by atoms with van der Waals surface area (Å²) in [6.07, 6.45) is 2.18. The van der Waals surface area contributed by atoms with E-state index in [2.05, 4.69) is 34.9 Å². The van der Waals surface area contributed by atoms with Crippen molar-refractivity contribution in [3.05, 3.63) is 59.7 Å². The second kappa shape index (κ2) is 9.72. The van der Waals surface area contributed by atoms with E-state index in [-0.39, 0.29) is 24.9 Å². The molecular formula is C28H34N2O5. The molecule has 7 nitrogen and oxygen atoms in total. The number of carboxylic acids is 1. The molecule has 0 aromatic heterocycles. The van der Waals surface area contributed by atoms with Crippen molar-refractivity contribution in [3.8, 4) is 11.1 Å². The Labute approximate surface area is 206 Å². The van der Waals surface area contributed by atoms with Crippen LogP contribution in [0.3, 0.4) is 0 Å². The van der Waals surface area contributed by atoms with Gasteiger partial charge in [0.15, 0.2) is 0 Å². The minimum atomic E-state index is -0.941. The van der Waals surface area contributed by atoms with Gasteiger partial charge in [0.2, 0.25) is 5.91 Å². The number of carbonyl (C=O) groups excluding carboxylic acids is 2. The molecule has 0 aliphatic heterocycles. The number of rotatable bonds is 7. The maximum absolute atomic E-state index is 13.3. The molecule has 0 spiro atoms. The molecule has 2 aliphatic carbocycles. The topological polar surface area (TPSA) is 105 Å². The minimum Gasteiger partial charge on any atom is -0.481 e. The van der Waals surface area contributed by atoms with Crippen LogP contribution in [-0.2, 0) is 14.3 Å². The quantitative estimate of drug-likeness (QED) is 0.528. The summed E-state index contributed by atoms with van der Waals surface area (Å²) in [6.45, 7) is 5.74. The summed E-state index contributed by atoms with van der Waals surface area (Å²) >= 11 is 0. The van der Waals surface area contributed by atoms with Crippen molar-refractivity contribution in [1.82, 2.24) is 10.6 Å². The first-order valence-electron chi connectivity index (χ1n) is 12.2. The van der Waals surface area contributed by atoms with Crippen molar-refractivity contribution in [2.24, 2.45) is 5.41 Å². The molecule has 1 fully saturated rings. The first kappa shape index (κ1) is 24.8. The van der Waals surface area contributed by atoms with E-state index in [1.165, 1.54) is 0 Å². The van der Waals surface area contributed by atoms with Crippen molar-refractivity contribution in [2.45, 2.75) is 70.4 Å². The van der Waals surface area contributed by atoms with Crippen LogP contribution in [0, 0.1) is 5.41 Å². The molecule has 2 aromatic carbocycles. The number of amides is 2. The Hall–Kier alpha value is -3.35. The largest absolute Gasteiger partial charge is 0.481 e. The smallest absolute Gasteiger partial charge is 0.407 e. The van der Waals surface area contributed by atoms with Gasteiger partial charge in [-0.1, -0.05) is 82.1 Å². The lowest BCUT2D eigenvalue weighted by Crippen LogP contribution is -2.59. The highest BCUT2D eigenvalue weighted by atomic mass is 16.5. The normalized spacial score (nSPS) is 17.2. The number of benzene rings is 2. The molecular weight excluding hydrogens is 444 g/mol. The third-order valence-electron chi connectivity index (χ3n) is 7.17. The highest BCUT2D eigenvalue weighted by molar-refractivity contribution is 5.87. The Morgan fingerprint density at radius 1 is 1.00 bits per heavy atom. The number of fused-ring (bicyclic) bond motifs is 3. The third-order valence-corrected chi connectivity index (χ3v) is 7.17. The van der Waals surface area contributed by atoms with Crippen molar-refractivity contribution in [2.75, 3.05) is 6.61 Å². The van der Waals surface area contributed by atoms with Gasteiger partial charge in [0, 0.05) is 5.92 Å². The number of aliphatic carboxylic acids is 1. The zero-order chi connectivity index (χ0) is 25.2. The zero-order valence-corrected chi connectivity index (χ0v) is 20.6. The minimum absolute atomic E-state index is 0.0765. The molecule has 0 saturated heterocycles. The van der Waals surface area contributed by atoms with Gasteiger partial charge in [0.25, 0.3) is 0 Å². The monoisotopic (exact) mass is 478 g/mol. The van der Waals surface area contributed by atoms with Crippen LogP contribution in [0.1, 0.15) is 69.9 Å². The molecule has 1 atom stereocenters. The van der Waals surface area contributed by atoms with Gasteiger partial charge >= 0.3 is 12.1 Å². The predicted molar refractivity (Wildman–Crippen MR) is 133 cm³/mol. The van der Waals surface area contributed by atoms with Crippen LogP contribution >= 0.6 is 0 Å². The van der Waals surface area contributed by atoms with Crippen molar-refractivity contribution < 1.29 is 24.2 Å². The average Bonchev–Trinajstić information content (AvgIpc) is 3.37. The lowest BCUT2D eigenvalue weighted by molar-refractivity contribution is -0.139. The van der Waals surface area contributed by atoms with Crippen molar-refractivity contribution >= 4 is 18.0 Å². The van der Waals surface area contributed by atoms with Gasteiger partial charge in [-0.2, -0.15) is 0 Å². The van der Waals surface area contributed by atoms with Crippen LogP contribution in [-0.4, -0.2) is 41.3 Å². The lowest BCUT2D eigenvalue weighted by Gasteiger charge is -2.35. The van der Waals surface area contributed by atoms with E-state index in [0.29, 0.717) is 12.8 Å². The second-order valence-corrected chi connectivity index (χ2v) is 10.8. The molecule has 0 unspecified atom stereocenters. The van der Waals surface area contributed by atoms with Gasteiger partial charge in [0.1, 0.15) is 12.6 Å². The average molecular weight is 479 g/mol. The van der Waals surface area contributed by atoms with E-state index in [9.17, 15) is 19.5 Å². The summed E-state index contributed by atoms with van der Waals surface area (Å²) in [5, 5.41) is 15.1. The number of carbonyl (C=O) groups is 3. The predicted octanol–water partition coefficient (Wildman–Crippen LogP) is 4.84. The fourth-order valence-electron chi connectivity index (χ4n) is 5.45. The number of ether oxygens (including phenoxy) is 1. The summed E-state index contributed by atoms with van der Waals surface area (Å²) in [5.41, 5.74) is 3.15. The van der Waals surface area contributed by atoms with E-state index in [4.69, 9.17) is 4.74 Å². The van der Waals surface area contributed by atoms with Crippen LogP contribution < -0.4 is 10.6 Å². The van der Waals surface area contributed by atoms with E-state index in [1.807, 2.05) is 45.0 Å². The molecule has 2 aliphatic rings. The van der Waals surface area contributed by atoms with E-state index in [1.54, 1.807) is 0 Å². The Balaban J connectivity index is 1.44. The van der Waals surface area contributed by atoms with Gasteiger partial charge in [-0.3, -0.25) is 9.59 Å². The fourth-order valence-corrected chi connectivity index (χ4v) is 5.45. The van der Waals surface area contributed by atoms with Crippen molar-refractivity contribution in [3.63, 3.8) is 0 Å². The Morgan fingerprint density at radius 3 is 2.06 bits per heavy atom. The lowest BCUT2D eigenvalue weighted by atomic mass is 9.84. The SMILES string of the molecule is CC(C)(C)[C@@H](NC(=O)OCC1c2ccccc2-c2ccccc21)C(=O)NC1(CC(=O)O)CCCC1. The van der Waals surface area contributed by atoms with Gasteiger partial charge < -0.3 is 20.5 Å². The zero-order valence-electron chi connectivity index (χ0n) is 20.6. The summed E-state index contributed by atoms with van der Waals surface area (Å²) in [4.78, 5) is 37.6. The fraction of sp³-hybridized carbons (Fsp3) is 0.464. The molecule has 0 bridgehead atoms. The van der Waals surface area contributed by atoms with Crippen LogP contribution in [0.15, 0.2) is 48.5 Å². The summed E-state index contributed by atoms with van der Waals surface area (Å²) in [5.74, 6) is -1.40. The molecule has 2 amide bonds. The number of hydrogen-bond acceptors (Lipinski definition) is 4. The summed E-state index contributed by atoms with van der Waals surface area (Å²) < 4.78 is 5.65. The highest BCUT2D eigenvalue weighted by Crippen LogP contribution is 2.44. The maximum Gasteiger partial charge on any atom is 0.407 e. The first-order chi connectivity index (χ1) is 16.6. The molecule has 0 radical (unpaired) electrons. The first-order valence-corrected chi connectivity index (χ1v) is 12.2. The summed E-state index contributed by atoms with van der Waals surface area (Å²) in [7, 11) is 0. The molecule has 7 heteroatoms. The van der Waals surface area contributed by atoms with Crippen LogP contribution in [0.5, 0.6) is 0 Å². The van der Waals surface area contributed by atoms with E-state index >= 15 is 0 Å². The molecule has 3 N–H and O–H groups in total. The van der Waals surface area contributed by atoms with Gasteiger partial charge in [0.05, 0.1) is 12.0 Å². The number of alkyl carbamates (subject to hydrolysis) is 1. The molecule has 2 aromatic rings. The standard InChI is InChI=1S/C28H34N2O5/c1-27(2,3)24(25(33)30-28(16-23(31)32)14-8-9-15-28)29-26(34)35-17-22-20-12-6-4-10-18(20)19-11-5-7-13-21(19)22/h4-7,10-13,22,24H,8-9,14-17H2,1-3H3,(H,29,34)(H,30,33)(H,31,32)/t24-/m0/s1. The van der Waals surface area contributed by atoms with Gasteiger partial charge in [-0.15, -0.1) is 0 Å². The Bertz CT molecular complexity index is 1070. The van der Waals surface area contributed by atoms with Crippen LogP contribution in [0.25, 0.3) is 11.1 Å². The molecule has 1 saturated carbocycles. The highest BCUT2D eigenvalue weighted by Gasteiger charge is 2.42. The Kier molecular flexibility index (Phi) is 6.88. The van der Waals surface area contributed by atoms with E-state index in [0.717, 1.165) is 35.1 Å². The van der Waals surface area contributed by atoms with Crippen LogP contribution in [0.4, 0.5) is 4.79 Å². The number of nitrogens with one attached hydrogen (secondary N) is 2. The molecule has 4 rings (SSSR count). The van der Waals surface area contributed by atoms with Crippen LogP contribution in [0.2, 0.25) is 0 Å². The van der Waals surface area contributed by atoms with Gasteiger partial charge in [-0.25, -0.2) is 4.79 Å². The van der Waals surface area contributed by atoms with Crippen molar-refractivity contribution in [1.29, 1.82) is 0 Å². The molecule has 186 valence electrons. The maximum atomic E-state index is 13.3. The second-order valence-electron chi connectivity index (χ2n) is 10.8.